The summed E-state index contributed by atoms with van der Waals surface area (Å²) in [6.07, 6.45) is 1.34. The molecule has 0 radical (unpaired) electrons. The van der Waals surface area contributed by atoms with Gasteiger partial charge in [-0.15, -0.1) is 0 Å². The zero-order valence-electron chi connectivity index (χ0n) is 11.0. The maximum atomic E-state index is 8.97. The molecule has 0 unspecified atom stereocenters. The Kier molecular flexibility index (Phi) is 3.98. The lowest BCUT2D eigenvalue weighted by Gasteiger charge is -2.11. The number of nitrogens with zero attached hydrogens (tertiary/aromatic N) is 3. The van der Waals surface area contributed by atoms with Crippen molar-refractivity contribution in [2.75, 3.05) is 12.5 Å². The molecule has 102 valence electrons. The highest BCUT2D eigenvalue weighted by Crippen LogP contribution is 2.29. The molecule has 2 aromatic rings. The first-order valence-corrected chi connectivity index (χ1v) is 5.73. The third kappa shape index (κ3) is 2.76. The number of methoxy groups -OCH3 is 1. The summed E-state index contributed by atoms with van der Waals surface area (Å²) < 4.78 is 10.8. The van der Waals surface area contributed by atoms with Crippen molar-refractivity contribution in [3.63, 3.8) is 0 Å². The highest BCUT2D eigenvalue weighted by molar-refractivity contribution is 5.49. The molecular weight excluding hydrogens is 258 g/mol. The first kappa shape index (κ1) is 13.6. The first-order valence-electron chi connectivity index (χ1n) is 5.73. The van der Waals surface area contributed by atoms with Crippen molar-refractivity contribution in [2.45, 2.75) is 6.92 Å². The number of nitriles is 1. The number of nitrogen functional groups attached to an aromatic ring is 1. The van der Waals surface area contributed by atoms with E-state index in [1.165, 1.54) is 13.4 Å². The molecule has 0 saturated heterocycles. The van der Waals surface area contributed by atoms with Crippen molar-refractivity contribution in [2.24, 2.45) is 5.84 Å². The van der Waals surface area contributed by atoms with Gasteiger partial charge in [0.05, 0.1) is 24.3 Å². The van der Waals surface area contributed by atoms with Crippen LogP contribution in [0.25, 0.3) is 0 Å². The fourth-order valence-electron chi connectivity index (χ4n) is 1.61. The zero-order chi connectivity index (χ0) is 14.5. The monoisotopic (exact) mass is 271 g/mol. The average molecular weight is 271 g/mol. The molecule has 7 nitrogen and oxygen atoms in total. The number of benzene rings is 1. The van der Waals surface area contributed by atoms with Crippen molar-refractivity contribution in [3.8, 4) is 23.4 Å². The Hall–Kier alpha value is -2.85. The standard InChI is InChI=1S/C13H13N5O2/c1-8-12(18-15)16-7-17-13(8)20-11-4-9(6-14)3-10(5-11)19-2/h3-5,7H,15H2,1-2H3,(H,16,17,18). The van der Waals surface area contributed by atoms with Crippen LogP contribution in [0.15, 0.2) is 24.5 Å². The van der Waals surface area contributed by atoms with Gasteiger partial charge in [-0.25, -0.2) is 15.8 Å². The Labute approximate surface area is 116 Å². The van der Waals surface area contributed by atoms with Gasteiger partial charge in [0.1, 0.15) is 23.6 Å². The maximum Gasteiger partial charge on any atom is 0.227 e. The molecule has 20 heavy (non-hydrogen) atoms. The lowest BCUT2D eigenvalue weighted by molar-refractivity contribution is 0.406. The van der Waals surface area contributed by atoms with Crippen LogP contribution in [-0.2, 0) is 0 Å². The summed E-state index contributed by atoms with van der Waals surface area (Å²) in [5.74, 6) is 7.15. The van der Waals surface area contributed by atoms with Gasteiger partial charge >= 0.3 is 0 Å². The van der Waals surface area contributed by atoms with Crippen molar-refractivity contribution in [3.05, 3.63) is 35.7 Å². The number of hydrogen-bond acceptors (Lipinski definition) is 7. The number of ether oxygens (including phenoxy) is 2. The number of hydrazine groups is 1. The predicted molar refractivity (Wildman–Crippen MR) is 72.4 cm³/mol. The third-order valence-electron chi connectivity index (χ3n) is 2.63. The molecule has 0 aliphatic carbocycles. The van der Waals surface area contributed by atoms with Crippen LogP contribution in [0, 0.1) is 18.3 Å². The van der Waals surface area contributed by atoms with Gasteiger partial charge in [0, 0.05) is 6.07 Å². The minimum Gasteiger partial charge on any atom is -0.497 e. The number of nitrogens with two attached hydrogens (primary N) is 1. The summed E-state index contributed by atoms with van der Waals surface area (Å²) in [5, 5.41) is 8.97. The van der Waals surface area contributed by atoms with E-state index in [-0.39, 0.29) is 0 Å². The molecule has 1 aromatic carbocycles. The molecule has 0 aliphatic heterocycles. The SMILES string of the molecule is COc1cc(C#N)cc(Oc2ncnc(NN)c2C)c1. The van der Waals surface area contributed by atoms with Gasteiger partial charge in [-0.1, -0.05) is 0 Å². The lowest BCUT2D eigenvalue weighted by atomic mass is 10.2. The summed E-state index contributed by atoms with van der Waals surface area (Å²) in [6.45, 7) is 1.77. The second kappa shape index (κ2) is 5.86. The van der Waals surface area contributed by atoms with Crippen LogP contribution in [0.2, 0.25) is 0 Å². The molecule has 0 amide bonds. The van der Waals surface area contributed by atoms with Gasteiger partial charge in [0.15, 0.2) is 0 Å². The quantitative estimate of drug-likeness (QED) is 0.644. The van der Waals surface area contributed by atoms with E-state index in [0.29, 0.717) is 34.3 Å². The zero-order valence-corrected chi connectivity index (χ0v) is 11.0. The Morgan fingerprint density at radius 2 is 2.00 bits per heavy atom. The molecule has 0 aliphatic rings. The van der Waals surface area contributed by atoms with Crippen LogP contribution in [-0.4, -0.2) is 17.1 Å². The van der Waals surface area contributed by atoms with Crippen molar-refractivity contribution in [1.29, 1.82) is 5.26 Å². The summed E-state index contributed by atoms with van der Waals surface area (Å²) >= 11 is 0. The van der Waals surface area contributed by atoms with E-state index in [9.17, 15) is 0 Å². The van der Waals surface area contributed by atoms with Crippen LogP contribution in [0.4, 0.5) is 5.82 Å². The predicted octanol–water partition coefficient (Wildman–Crippen LogP) is 1.74. The van der Waals surface area contributed by atoms with Gasteiger partial charge in [0.2, 0.25) is 5.88 Å². The molecule has 7 heteroatoms. The highest BCUT2D eigenvalue weighted by Gasteiger charge is 2.10. The van der Waals surface area contributed by atoms with Crippen molar-refractivity contribution >= 4 is 5.82 Å². The molecule has 3 N–H and O–H groups in total. The van der Waals surface area contributed by atoms with Crippen LogP contribution in [0.3, 0.4) is 0 Å². The van der Waals surface area contributed by atoms with Gasteiger partial charge in [-0.2, -0.15) is 5.26 Å². The molecule has 0 fully saturated rings. The summed E-state index contributed by atoms with van der Waals surface area (Å²) in [7, 11) is 1.52. The minimum absolute atomic E-state index is 0.352. The Bertz CT molecular complexity index is 666. The Balaban J connectivity index is 2.37. The van der Waals surface area contributed by atoms with Gasteiger partial charge in [-0.05, 0) is 19.1 Å². The molecular formula is C13H13N5O2. The highest BCUT2D eigenvalue weighted by atomic mass is 16.5. The second-order valence-electron chi connectivity index (χ2n) is 3.91. The molecule has 1 heterocycles. The van der Waals surface area contributed by atoms with E-state index in [2.05, 4.69) is 15.4 Å². The minimum atomic E-state index is 0.352. The number of hydrogen-bond donors (Lipinski definition) is 2. The van der Waals surface area contributed by atoms with Crippen LogP contribution in [0.5, 0.6) is 17.4 Å². The fourth-order valence-corrected chi connectivity index (χ4v) is 1.61. The van der Waals surface area contributed by atoms with E-state index in [4.69, 9.17) is 20.6 Å². The van der Waals surface area contributed by atoms with E-state index in [0.717, 1.165) is 0 Å². The molecule has 0 saturated carbocycles. The number of anilines is 1. The summed E-state index contributed by atoms with van der Waals surface area (Å²) in [6, 6.07) is 6.92. The topological polar surface area (TPSA) is 106 Å². The fraction of sp³-hybridized carbons (Fsp3) is 0.154. The normalized spacial score (nSPS) is 9.70. The summed E-state index contributed by atoms with van der Waals surface area (Å²) in [4.78, 5) is 8.00. The van der Waals surface area contributed by atoms with Crippen molar-refractivity contribution in [1.82, 2.24) is 9.97 Å². The van der Waals surface area contributed by atoms with Crippen LogP contribution >= 0.6 is 0 Å². The van der Waals surface area contributed by atoms with E-state index < -0.39 is 0 Å². The van der Waals surface area contributed by atoms with Crippen molar-refractivity contribution < 1.29 is 9.47 Å². The average Bonchev–Trinajstić information content (AvgIpc) is 2.49. The Morgan fingerprint density at radius 3 is 2.65 bits per heavy atom. The largest absolute Gasteiger partial charge is 0.497 e. The molecule has 0 atom stereocenters. The second-order valence-corrected chi connectivity index (χ2v) is 3.91. The Morgan fingerprint density at radius 1 is 1.25 bits per heavy atom. The number of nitrogens with one attached hydrogen (secondary N) is 1. The molecule has 1 aromatic heterocycles. The third-order valence-corrected chi connectivity index (χ3v) is 2.63. The number of rotatable bonds is 4. The van der Waals surface area contributed by atoms with E-state index in [1.54, 1.807) is 25.1 Å². The first-order chi connectivity index (χ1) is 9.67. The van der Waals surface area contributed by atoms with Crippen LogP contribution in [0.1, 0.15) is 11.1 Å². The molecule has 2 rings (SSSR count). The smallest absolute Gasteiger partial charge is 0.227 e. The number of aromatic nitrogens is 2. The maximum absolute atomic E-state index is 8.97. The van der Waals surface area contributed by atoms with Gasteiger partial charge in [0.25, 0.3) is 0 Å². The van der Waals surface area contributed by atoms with Gasteiger partial charge < -0.3 is 14.9 Å². The van der Waals surface area contributed by atoms with E-state index in [1.807, 2.05) is 6.07 Å². The molecule has 0 spiro atoms. The van der Waals surface area contributed by atoms with Crippen LogP contribution < -0.4 is 20.7 Å². The summed E-state index contributed by atoms with van der Waals surface area (Å²) in [5.41, 5.74) is 3.56. The van der Waals surface area contributed by atoms with Gasteiger partial charge in [-0.3, -0.25) is 0 Å². The lowest BCUT2D eigenvalue weighted by Crippen LogP contribution is -2.11. The molecule has 0 bridgehead atoms. The van der Waals surface area contributed by atoms with E-state index >= 15 is 0 Å².